The molecule has 1 heterocycles. The molecule has 4 heteroatoms. The van der Waals surface area contributed by atoms with Gasteiger partial charge in [-0.15, -0.1) is 0 Å². The van der Waals surface area contributed by atoms with Crippen molar-refractivity contribution in [1.29, 1.82) is 0 Å². The molecule has 1 aliphatic heterocycles. The van der Waals surface area contributed by atoms with Gasteiger partial charge in [-0.3, -0.25) is 0 Å². The van der Waals surface area contributed by atoms with E-state index in [4.69, 9.17) is 12.2 Å². The molecule has 2 aromatic carbocycles. The molecule has 0 amide bonds. The van der Waals surface area contributed by atoms with E-state index < -0.39 is 0 Å². The zero-order chi connectivity index (χ0) is 16.9. The number of hydrogen-bond donors (Lipinski definition) is 2. The number of aryl methyl sites for hydroxylation is 2. The first-order chi connectivity index (χ1) is 11.6. The molecule has 0 bridgehead atoms. The fraction of sp³-hybridized carbons (Fsp3) is 0.350. The van der Waals surface area contributed by atoms with E-state index in [1.54, 1.807) is 4.90 Å². The Kier molecular flexibility index (Phi) is 5.48. The van der Waals surface area contributed by atoms with Gasteiger partial charge in [-0.25, -0.2) is 0 Å². The fourth-order valence-corrected chi connectivity index (χ4v) is 3.54. The number of nitrogens with zero attached hydrogens (tertiary/aromatic N) is 1. The Balaban J connectivity index is 1.50. The molecule has 3 nitrogen and oxygen atoms in total. The van der Waals surface area contributed by atoms with Gasteiger partial charge < -0.3 is 15.1 Å². The van der Waals surface area contributed by atoms with Crippen LogP contribution in [0.3, 0.4) is 0 Å². The SMILES string of the molecule is Cc1cccc(C[NH+]2CCN(C(=S)Nc3cccc(C)c3)CC2)c1. The van der Waals surface area contributed by atoms with Gasteiger partial charge in [0.15, 0.2) is 5.11 Å². The van der Waals surface area contributed by atoms with Crippen molar-refractivity contribution < 1.29 is 4.90 Å². The summed E-state index contributed by atoms with van der Waals surface area (Å²) in [5.74, 6) is 0. The van der Waals surface area contributed by atoms with Crippen molar-refractivity contribution in [3.63, 3.8) is 0 Å². The lowest BCUT2D eigenvalue weighted by Crippen LogP contribution is -3.13. The van der Waals surface area contributed by atoms with Crippen molar-refractivity contribution in [3.8, 4) is 0 Å². The van der Waals surface area contributed by atoms with Crippen molar-refractivity contribution in [3.05, 3.63) is 65.2 Å². The van der Waals surface area contributed by atoms with Crippen LogP contribution in [0.2, 0.25) is 0 Å². The number of quaternary nitrogens is 1. The van der Waals surface area contributed by atoms with Gasteiger partial charge in [0.1, 0.15) is 6.54 Å². The summed E-state index contributed by atoms with van der Waals surface area (Å²) in [5.41, 5.74) is 5.10. The van der Waals surface area contributed by atoms with Gasteiger partial charge in [-0.05, 0) is 43.8 Å². The second kappa shape index (κ2) is 7.77. The van der Waals surface area contributed by atoms with Gasteiger partial charge in [0.2, 0.25) is 0 Å². The molecule has 126 valence electrons. The van der Waals surface area contributed by atoms with Crippen molar-refractivity contribution in [2.75, 3.05) is 31.5 Å². The Bertz CT molecular complexity index is 706. The molecule has 2 N–H and O–H groups in total. The minimum Gasteiger partial charge on any atom is -0.338 e. The zero-order valence-corrected chi connectivity index (χ0v) is 15.3. The highest BCUT2D eigenvalue weighted by Gasteiger charge is 2.21. The maximum atomic E-state index is 5.59. The highest BCUT2D eigenvalue weighted by molar-refractivity contribution is 7.80. The summed E-state index contributed by atoms with van der Waals surface area (Å²) in [4.78, 5) is 3.92. The van der Waals surface area contributed by atoms with Crippen molar-refractivity contribution in [1.82, 2.24) is 4.90 Å². The summed E-state index contributed by atoms with van der Waals surface area (Å²) in [6.45, 7) is 9.65. The van der Waals surface area contributed by atoms with E-state index >= 15 is 0 Å². The van der Waals surface area contributed by atoms with Crippen LogP contribution in [-0.2, 0) is 6.54 Å². The molecular weight excluding hydrogens is 314 g/mol. The summed E-state index contributed by atoms with van der Waals surface area (Å²) in [5, 5.41) is 4.22. The maximum absolute atomic E-state index is 5.59. The number of rotatable bonds is 3. The molecule has 24 heavy (non-hydrogen) atoms. The smallest absolute Gasteiger partial charge is 0.173 e. The summed E-state index contributed by atoms with van der Waals surface area (Å²) in [6.07, 6.45) is 0. The van der Waals surface area contributed by atoms with E-state index in [0.717, 1.165) is 43.5 Å². The summed E-state index contributed by atoms with van der Waals surface area (Å²) < 4.78 is 0. The van der Waals surface area contributed by atoms with Crippen LogP contribution in [0.25, 0.3) is 0 Å². The summed E-state index contributed by atoms with van der Waals surface area (Å²) >= 11 is 5.59. The third kappa shape index (κ3) is 4.56. The standard InChI is InChI=1S/C20H25N3S/c1-16-5-3-7-18(13-16)15-22-9-11-23(12-10-22)20(24)21-19-8-4-6-17(2)14-19/h3-8,13-14H,9-12,15H2,1-2H3,(H,21,24)/p+1. The minimum atomic E-state index is 0.843. The molecule has 0 atom stereocenters. The van der Waals surface area contributed by atoms with Crippen molar-refractivity contribution in [2.45, 2.75) is 20.4 Å². The van der Waals surface area contributed by atoms with E-state index in [-0.39, 0.29) is 0 Å². The van der Waals surface area contributed by atoms with Crippen LogP contribution in [-0.4, -0.2) is 36.2 Å². The van der Waals surface area contributed by atoms with Crippen LogP contribution < -0.4 is 10.2 Å². The average Bonchev–Trinajstić information content (AvgIpc) is 2.55. The number of hydrogen-bond acceptors (Lipinski definition) is 1. The summed E-state index contributed by atoms with van der Waals surface area (Å²) in [7, 11) is 0. The molecule has 3 rings (SSSR count). The molecule has 1 fully saturated rings. The van der Waals surface area contributed by atoms with Crippen LogP contribution in [0.5, 0.6) is 0 Å². The molecule has 0 aromatic heterocycles. The minimum absolute atomic E-state index is 0.843. The molecule has 0 saturated carbocycles. The number of benzene rings is 2. The quantitative estimate of drug-likeness (QED) is 0.837. The molecule has 2 aromatic rings. The van der Waals surface area contributed by atoms with Crippen LogP contribution in [0.4, 0.5) is 5.69 Å². The maximum Gasteiger partial charge on any atom is 0.173 e. The lowest BCUT2D eigenvalue weighted by atomic mass is 10.1. The Morgan fingerprint density at radius 2 is 1.71 bits per heavy atom. The monoisotopic (exact) mass is 340 g/mol. The zero-order valence-electron chi connectivity index (χ0n) is 14.5. The predicted octanol–water partition coefficient (Wildman–Crippen LogP) is 2.40. The lowest BCUT2D eigenvalue weighted by Gasteiger charge is -2.34. The summed E-state index contributed by atoms with van der Waals surface area (Å²) in [6, 6.07) is 17.2. The molecule has 1 saturated heterocycles. The van der Waals surface area contributed by atoms with E-state index in [0.29, 0.717) is 0 Å². The van der Waals surface area contributed by atoms with Gasteiger partial charge in [-0.1, -0.05) is 42.0 Å². The normalized spacial score (nSPS) is 15.3. The highest BCUT2D eigenvalue weighted by Crippen LogP contribution is 2.10. The van der Waals surface area contributed by atoms with Gasteiger partial charge in [-0.2, -0.15) is 0 Å². The van der Waals surface area contributed by atoms with Gasteiger partial charge in [0, 0.05) is 11.3 Å². The topological polar surface area (TPSA) is 19.7 Å². The largest absolute Gasteiger partial charge is 0.338 e. The first-order valence-corrected chi connectivity index (χ1v) is 9.03. The highest BCUT2D eigenvalue weighted by atomic mass is 32.1. The van der Waals surface area contributed by atoms with Crippen LogP contribution in [0.1, 0.15) is 16.7 Å². The van der Waals surface area contributed by atoms with E-state index in [9.17, 15) is 0 Å². The van der Waals surface area contributed by atoms with Crippen LogP contribution >= 0.6 is 12.2 Å². The second-order valence-corrected chi connectivity index (χ2v) is 7.09. The molecule has 0 aliphatic carbocycles. The number of piperazine rings is 1. The fourth-order valence-electron chi connectivity index (χ4n) is 3.24. The van der Waals surface area contributed by atoms with Crippen LogP contribution in [0, 0.1) is 13.8 Å². The third-order valence-corrected chi connectivity index (χ3v) is 4.92. The Labute approximate surface area is 150 Å². The molecule has 0 unspecified atom stereocenters. The van der Waals surface area contributed by atoms with Crippen molar-refractivity contribution >= 4 is 23.0 Å². The van der Waals surface area contributed by atoms with Crippen LogP contribution in [0.15, 0.2) is 48.5 Å². The van der Waals surface area contributed by atoms with Gasteiger partial charge in [0.25, 0.3) is 0 Å². The van der Waals surface area contributed by atoms with E-state index in [1.807, 2.05) is 0 Å². The Hall–Kier alpha value is -1.91. The first kappa shape index (κ1) is 16.9. The third-order valence-electron chi connectivity index (χ3n) is 4.56. The average molecular weight is 341 g/mol. The van der Waals surface area contributed by atoms with Gasteiger partial charge >= 0.3 is 0 Å². The number of nitrogens with one attached hydrogen (secondary N) is 2. The van der Waals surface area contributed by atoms with Gasteiger partial charge in [0.05, 0.1) is 26.2 Å². The first-order valence-electron chi connectivity index (χ1n) is 8.62. The van der Waals surface area contributed by atoms with Crippen molar-refractivity contribution in [2.24, 2.45) is 0 Å². The predicted molar refractivity (Wildman–Crippen MR) is 105 cm³/mol. The molecule has 0 spiro atoms. The second-order valence-electron chi connectivity index (χ2n) is 6.70. The Morgan fingerprint density at radius 3 is 2.38 bits per heavy atom. The Morgan fingerprint density at radius 1 is 1.04 bits per heavy atom. The molecule has 1 aliphatic rings. The molecule has 0 radical (unpaired) electrons. The number of thiocarbonyl (C=S) groups is 1. The lowest BCUT2D eigenvalue weighted by molar-refractivity contribution is -0.917. The van der Waals surface area contributed by atoms with E-state index in [1.165, 1.54) is 16.7 Å². The molecular formula is C20H26N3S+. The number of anilines is 1. The van der Waals surface area contributed by atoms with E-state index in [2.05, 4.69) is 72.6 Å².